The Kier molecular flexibility index (Phi) is 21.1. The topological polar surface area (TPSA) is 225 Å². The van der Waals surface area contributed by atoms with Gasteiger partial charge in [0.1, 0.15) is 36.3 Å². The molecule has 1 aromatic carbocycles. The minimum atomic E-state index is -1.50. The van der Waals surface area contributed by atoms with Crippen LogP contribution in [0.3, 0.4) is 0 Å². The van der Waals surface area contributed by atoms with Gasteiger partial charge in [-0.2, -0.15) is 0 Å². The van der Waals surface area contributed by atoms with Crippen LogP contribution in [-0.4, -0.2) is 181 Å². The van der Waals surface area contributed by atoms with Crippen LogP contribution in [0.25, 0.3) is 17.0 Å². The summed E-state index contributed by atoms with van der Waals surface area (Å²) in [5.74, 6) is -2.52. The normalized spacial score (nSPS) is 35.8. The van der Waals surface area contributed by atoms with Gasteiger partial charge in [0.15, 0.2) is 18.7 Å². The smallest absolute Gasteiger partial charge is 0.305 e. The number of esters is 2. The third-order valence-electron chi connectivity index (χ3n) is 13.7. The minimum Gasteiger partial charge on any atom is -0.459 e. The molecule has 3 fully saturated rings. The van der Waals surface area contributed by atoms with Gasteiger partial charge < -0.3 is 68.4 Å². The number of carbonyl (C=O) groups is 4. The molecule has 0 spiro atoms. The van der Waals surface area contributed by atoms with E-state index in [0.717, 1.165) is 22.8 Å². The Bertz CT molecular complexity index is 2000. The molecule has 0 aliphatic carbocycles. The Morgan fingerprint density at radius 3 is 2.36 bits per heavy atom. The second kappa shape index (κ2) is 26.0. The number of nitrogens with one attached hydrogen (secondary N) is 1. The molecule has 69 heavy (non-hydrogen) atoms. The third-order valence-corrected chi connectivity index (χ3v) is 13.7. The molecule has 3 aliphatic heterocycles. The van der Waals surface area contributed by atoms with Crippen LogP contribution in [0.1, 0.15) is 98.5 Å². The Balaban J connectivity index is 1.45. The summed E-state index contributed by atoms with van der Waals surface area (Å²) < 4.78 is 43.7. The number of benzene rings is 1. The van der Waals surface area contributed by atoms with Crippen LogP contribution in [0, 0.1) is 11.8 Å². The maximum atomic E-state index is 14.2. The van der Waals surface area contributed by atoms with Gasteiger partial charge in [-0.15, -0.1) is 0 Å². The van der Waals surface area contributed by atoms with Crippen molar-refractivity contribution >= 4 is 41.1 Å². The number of aliphatic hydroxyl groups excluding tert-OH is 2. The second-order valence-electron chi connectivity index (χ2n) is 19.6. The average molecular weight is 971 g/mol. The summed E-state index contributed by atoms with van der Waals surface area (Å²) in [5.41, 5.74) is 0.353. The zero-order valence-electron chi connectivity index (χ0n) is 42.1. The van der Waals surface area contributed by atoms with Crippen molar-refractivity contribution in [3.63, 3.8) is 0 Å². The Hall–Kier alpha value is -3.95. The molecule has 2 aromatic rings. The fraction of sp³-hybridized carbons (Fsp3) is 0.706. The summed E-state index contributed by atoms with van der Waals surface area (Å²) in [6.45, 7) is 11.0. The Morgan fingerprint density at radius 2 is 1.70 bits per heavy atom. The molecule has 1 amide bonds. The summed E-state index contributed by atoms with van der Waals surface area (Å²) >= 11 is 0. The molecule has 4 N–H and O–H groups in total. The molecule has 5 rings (SSSR count). The molecule has 1 aromatic heterocycles. The van der Waals surface area contributed by atoms with Gasteiger partial charge in [-0.3, -0.25) is 19.4 Å². The van der Waals surface area contributed by atoms with Gasteiger partial charge in [0, 0.05) is 57.0 Å². The molecule has 3 saturated heterocycles. The summed E-state index contributed by atoms with van der Waals surface area (Å²) in [6, 6.07) is 8.66. The lowest BCUT2D eigenvalue weighted by Crippen LogP contribution is -2.66. The van der Waals surface area contributed by atoms with E-state index in [1.54, 1.807) is 59.8 Å². The van der Waals surface area contributed by atoms with E-state index in [0.29, 0.717) is 25.9 Å². The first-order chi connectivity index (χ1) is 32.8. The van der Waals surface area contributed by atoms with Gasteiger partial charge >= 0.3 is 11.9 Å². The van der Waals surface area contributed by atoms with E-state index in [2.05, 4.69) is 10.3 Å². The average Bonchev–Trinajstić information content (AvgIpc) is 3.29. The van der Waals surface area contributed by atoms with Crippen LogP contribution in [0.2, 0.25) is 0 Å². The molecule has 0 bridgehead atoms. The summed E-state index contributed by atoms with van der Waals surface area (Å²) in [6.07, 6.45) is -3.84. The van der Waals surface area contributed by atoms with Crippen LogP contribution in [0.5, 0.6) is 0 Å². The zero-order valence-corrected chi connectivity index (χ0v) is 42.1. The second-order valence-corrected chi connectivity index (χ2v) is 19.6. The molecule has 3 aliphatic rings. The number of para-hydroxylation sites is 1. The van der Waals surface area contributed by atoms with Crippen LogP contribution >= 0.6 is 0 Å². The van der Waals surface area contributed by atoms with Gasteiger partial charge in [-0.1, -0.05) is 51.1 Å². The number of aldehydes is 1. The van der Waals surface area contributed by atoms with Gasteiger partial charge in [-0.05, 0) is 97.3 Å². The predicted octanol–water partition coefficient (Wildman–Crippen LogP) is 3.79. The summed E-state index contributed by atoms with van der Waals surface area (Å²) in [4.78, 5) is 60.5. The highest BCUT2D eigenvalue weighted by molar-refractivity contribution is 5.87. The highest BCUT2D eigenvalue weighted by atomic mass is 16.7. The van der Waals surface area contributed by atoms with Crippen LogP contribution in [-0.2, 0) is 52.3 Å². The molecule has 386 valence electrons. The van der Waals surface area contributed by atoms with Crippen LogP contribution < -0.4 is 5.32 Å². The maximum absolute atomic E-state index is 14.2. The van der Waals surface area contributed by atoms with E-state index < -0.39 is 103 Å². The minimum absolute atomic E-state index is 0.00183. The van der Waals surface area contributed by atoms with E-state index in [1.807, 2.05) is 61.4 Å². The number of pyridine rings is 1. The van der Waals surface area contributed by atoms with Crippen molar-refractivity contribution in [3.05, 3.63) is 48.2 Å². The van der Waals surface area contributed by atoms with Crippen molar-refractivity contribution in [2.45, 2.75) is 178 Å². The van der Waals surface area contributed by atoms with E-state index >= 15 is 0 Å². The zero-order chi connectivity index (χ0) is 50.6. The number of carbonyl (C=O) groups excluding carboxylic acids is 4. The molecular weight excluding hydrogens is 893 g/mol. The number of amides is 1. The van der Waals surface area contributed by atoms with E-state index in [-0.39, 0.29) is 50.5 Å². The standard InChI is InChI=1S/C51H78N4O14/c1-11-41(59)66-39-27-40(58)53-35(17-15-16-33-20-23-52-37-19-14-13-18-36(33)37)21-24-55(9)29-38(57)30(3)26-34(22-25-56)47(48(39)63-10)69-50-45(61)44(54(7)8)46(31(4)65-50)68-43-28-51(6,62)49(32(5)64-43)67-42(60)12-2/h13-16,18-20,23,25,30-32,34-35,38-39,43-50,57,61-62H,11-12,17,21-22,24,26-29H2,1-10H3,(H,53,58)/b16-15+/t30-,31?,32?,34+,35?,38+,39-,43+,44?,45?,46-,47+,48+,49+,50+,51?/m1/s1. The summed E-state index contributed by atoms with van der Waals surface area (Å²) in [7, 11) is 6.84. The first-order valence-corrected chi connectivity index (χ1v) is 24.5. The molecule has 18 nitrogen and oxygen atoms in total. The molecular formula is C51H78N4O14. The highest BCUT2D eigenvalue weighted by Gasteiger charge is 2.53. The number of aromatic nitrogens is 1. The largest absolute Gasteiger partial charge is 0.459 e. The van der Waals surface area contributed by atoms with Gasteiger partial charge in [0.05, 0.1) is 42.4 Å². The van der Waals surface area contributed by atoms with E-state index in [4.69, 9.17) is 33.2 Å². The number of rotatable bonds is 15. The number of ether oxygens (including phenoxy) is 7. The molecule has 0 radical (unpaired) electrons. The fourth-order valence-electron chi connectivity index (χ4n) is 9.94. The van der Waals surface area contributed by atoms with Crippen LogP contribution in [0.4, 0.5) is 0 Å². The molecule has 0 saturated carbocycles. The SMILES string of the molecule is CCC(=O)O[C@@H]1CC(=O)NC(C/C=C/c2ccnc3ccccc23)CCN(C)C[C@H](O)[C@H](C)C[C@H](CC=O)[C@H](O[C@@H]2OC(C)[C@@H](O[C@H]3CC(C)(O)[C@@H](OC(=O)CC)C(C)O3)C(N(C)C)C2O)[C@H]1OC. The Morgan fingerprint density at radius 1 is 0.986 bits per heavy atom. The van der Waals surface area contributed by atoms with Crippen LogP contribution in [0.15, 0.2) is 42.6 Å². The first kappa shape index (κ1) is 56.0. The van der Waals surface area contributed by atoms with Crippen molar-refractivity contribution in [2.75, 3.05) is 41.3 Å². The number of methoxy groups -OCH3 is 1. The number of aliphatic hydroxyl groups is 3. The van der Waals surface area contributed by atoms with E-state index in [1.165, 1.54) is 7.11 Å². The lowest BCUT2D eigenvalue weighted by atomic mass is 9.82. The lowest BCUT2D eigenvalue weighted by Gasteiger charge is -2.50. The van der Waals surface area contributed by atoms with Crippen molar-refractivity contribution in [1.29, 1.82) is 0 Å². The first-order valence-electron chi connectivity index (χ1n) is 24.5. The predicted molar refractivity (Wildman–Crippen MR) is 256 cm³/mol. The highest BCUT2D eigenvalue weighted by Crippen LogP contribution is 2.38. The number of hydrogen-bond donors (Lipinski definition) is 4. The number of hydrogen-bond acceptors (Lipinski definition) is 17. The van der Waals surface area contributed by atoms with Crippen molar-refractivity contribution < 1.29 is 67.7 Å². The third kappa shape index (κ3) is 15.0. The van der Waals surface area contributed by atoms with Gasteiger partial charge in [-0.25, -0.2) is 0 Å². The van der Waals surface area contributed by atoms with Gasteiger partial charge in [0.2, 0.25) is 5.91 Å². The quantitative estimate of drug-likeness (QED) is 0.147. The van der Waals surface area contributed by atoms with Crippen molar-refractivity contribution in [1.82, 2.24) is 20.1 Å². The van der Waals surface area contributed by atoms with Gasteiger partial charge in [0.25, 0.3) is 0 Å². The number of likely N-dealkylation sites (N-methyl/N-ethyl adjacent to an activating group) is 2. The summed E-state index contributed by atoms with van der Waals surface area (Å²) in [5, 5.41) is 39.5. The molecule has 4 heterocycles. The maximum Gasteiger partial charge on any atom is 0.305 e. The van der Waals surface area contributed by atoms with Crippen molar-refractivity contribution in [2.24, 2.45) is 11.8 Å². The lowest BCUT2D eigenvalue weighted by molar-refractivity contribution is -0.344. The monoisotopic (exact) mass is 971 g/mol. The molecule has 16 atom stereocenters. The molecule has 18 heteroatoms. The van der Waals surface area contributed by atoms with E-state index in [9.17, 15) is 34.5 Å². The number of β-amino-alcohol motifs (C(OH)–C–C–N with tert-alkyl or cyclic N) is 1. The van der Waals surface area contributed by atoms with Crippen molar-refractivity contribution in [3.8, 4) is 0 Å². The Labute approximate surface area is 407 Å². The number of nitrogens with zero attached hydrogens (tertiary/aromatic N) is 3. The fourth-order valence-corrected chi connectivity index (χ4v) is 9.94. The number of fused-ring (bicyclic) bond motifs is 1. The molecule has 6 unspecified atom stereocenters.